The van der Waals surface area contributed by atoms with Crippen LogP contribution in [0.5, 0.6) is 5.75 Å². The van der Waals surface area contributed by atoms with Crippen LogP contribution < -0.4 is 19.1 Å². The number of aryl methyl sites for hydroxylation is 1. The molecule has 0 saturated heterocycles. The van der Waals surface area contributed by atoms with Crippen molar-refractivity contribution in [1.29, 1.82) is 0 Å². The van der Waals surface area contributed by atoms with E-state index in [1.54, 1.807) is 42.5 Å². The fourth-order valence-electron chi connectivity index (χ4n) is 3.23. The molecule has 3 aromatic rings. The fourth-order valence-corrected chi connectivity index (χ4v) is 5.39. The van der Waals surface area contributed by atoms with Gasteiger partial charge in [0.25, 0.3) is 10.0 Å². The second-order valence-corrected chi connectivity index (χ2v) is 12.3. The highest BCUT2D eigenvalue weighted by molar-refractivity contribution is 9.10. The number of hydrogen-bond donors (Lipinski definition) is 2. The van der Waals surface area contributed by atoms with E-state index >= 15 is 0 Å². The molecule has 12 heteroatoms. The van der Waals surface area contributed by atoms with E-state index in [2.05, 4.69) is 26.0 Å². The number of rotatable bonds is 10. The number of carbonyl (C=O) groups excluding carboxylic acids is 1. The van der Waals surface area contributed by atoms with Crippen LogP contribution in [0, 0.1) is 6.92 Å². The molecule has 0 aliphatic carbocycles. The Labute approximate surface area is 219 Å². The average molecular weight is 597 g/mol. The first-order valence-electron chi connectivity index (χ1n) is 10.8. The van der Waals surface area contributed by atoms with Crippen LogP contribution >= 0.6 is 15.9 Å². The van der Waals surface area contributed by atoms with Crippen LogP contribution in [0.15, 0.2) is 76.1 Å². The zero-order valence-corrected chi connectivity index (χ0v) is 23.1. The van der Waals surface area contributed by atoms with Gasteiger partial charge >= 0.3 is 0 Å². The molecule has 192 valence electrons. The van der Waals surface area contributed by atoms with Crippen LogP contribution in [0.25, 0.3) is 0 Å². The molecule has 0 radical (unpaired) electrons. The highest BCUT2D eigenvalue weighted by atomic mass is 79.9. The minimum Gasteiger partial charge on any atom is -0.494 e. The second kappa shape index (κ2) is 11.3. The third kappa shape index (κ3) is 7.21. The van der Waals surface area contributed by atoms with Gasteiger partial charge in [-0.1, -0.05) is 15.9 Å². The zero-order chi connectivity index (χ0) is 26.5. The van der Waals surface area contributed by atoms with Crippen molar-refractivity contribution in [3.05, 3.63) is 76.8 Å². The van der Waals surface area contributed by atoms with Crippen molar-refractivity contribution in [1.82, 2.24) is 0 Å². The Hall–Kier alpha value is -3.09. The molecular formula is C24H26BrN3O6S2. The predicted molar refractivity (Wildman–Crippen MR) is 145 cm³/mol. The quantitative estimate of drug-likeness (QED) is 0.359. The van der Waals surface area contributed by atoms with E-state index < -0.39 is 32.5 Å². The van der Waals surface area contributed by atoms with Gasteiger partial charge in [-0.25, -0.2) is 16.8 Å². The molecule has 0 aliphatic heterocycles. The second-order valence-electron chi connectivity index (χ2n) is 7.84. The third-order valence-corrected chi connectivity index (χ3v) is 8.41. The maximum atomic E-state index is 12.7. The third-order valence-electron chi connectivity index (χ3n) is 4.98. The molecule has 3 rings (SSSR count). The minimum absolute atomic E-state index is 0.00233. The molecule has 2 N–H and O–H groups in total. The smallest absolute Gasteiger partial charge is 0.261 e. The van der Waals surface area contributed by atoms with Gasteiger partial charge < -0.3 is 10.1 Å². The molecule has 36 heavy (non-hydrogen) atoms. The van der Waals surface area contributed by atoms with E-state index in [9.17, 15) is 21.6 Å². The van der Waals surface area contributed by atoms with Gasteiger partial charge in [-0.15, -0.1) is 0 Å². The topological polar surface area (TPSA) is 122 Å². The van der Waals surface area contributed by atoms with Crippen molar-refractivity contribution in [3.63, 3.8) is 0 Å². The maximum Gasteiger partial charge on any atom is 0.261 e. The molecule has 0 spiro atoms. The van der Waals surface area contributed by atoms with E-state index in [0.29, 0.717) is 29.4 Å². The lowest BCUT2D eigenvalue weighted by atomic mass is 10.2. The van der Waals surface area contributed by atoms with Gasteiger partial charge in [-0.2, -0.15) is 0 Å². The maximum absolute atomic E-state index is 12.7. The van der Waals surface area contributed by atoms with Crippen LogP contribution in [-0.4, -0.2) is 42.2 Å². The summed E-state index contributed by atoms with van der Waals surface area (Å²) in [4.78, 5) is 12.6. The first-order chi connectivity index (χ1) is 16.9. The average Bonchev–Trinajstić information content (AvgIpc) is 2.80. The Kier molecular flexibility index (Phi) is 8.64. The molecule has 0 heterocycles. The summed E-state index contributed by atoms with van der Waals surface area (Å²) in [6, 6.07) is 17.0. The van der Waals surface area contributed by atoms with Gasteiger partial charge in [0.1, 0.15) is 12.3 Å². The summed E-state index contributed by atoms with van der Waals surface area (Å²) in [5, 5.41) is 2.60. The standard InChI is InChI=1S/C24H26BrN3O6S2/c1-4-34-21-10-5-19(6-11-21)27-36(32,33)22-12-7-18(8-13-22)26-24(29)16-28(35(3,30)31)20-9-14-23(25)17(2)15-20/h5-15,27H,4,16H2,1-3H3,(H,26,29). The van der Waals surface area contributed by atoms with Gasteiger partial charge in [-0.05, 0) is 86.1 Å². The van der Waals surface area contributed by atoms with Crippen molar-refractivity contribution in [2.75, 3.05) is 33.8 Å². The SMILES string of the molecule is CCOc1ccc(NS(=O)(=O)c2ccc(NC(=O)CN(c3ccc(Br)c(C)c3)S(C)(=O)=O)cc2)cc1. The lowest BCUT2D eigenvalue weighted by molar-refractivity contribution is -0.114. The highest BCUT2D eigenvalue weighted by Gasteiger charge is 2.22. The monoisotopic (exact) mass is 595 g/mol. The summed E-state index contributed by atoms with van der Waals surface area (Å²) in [5.41, 5.74) is 1.87. The molecule has 0 unspecified atom stereocenters. The molecule has 0 aromatic heterocycles. The van der Waals surface area contributed by atoms with Crippen molar-refractivity contribution in [3.8, 4) is 5.75 Å². The summed E-state index contributed by atoms with van der Waals surface area (Å²) < 4.78 is 59.7. The summed E-state index contributed by atoms with van der Waals surface area (Å²) in [5.74, 6) is 0.0503. The Morgan fingerprint density at radius 3 is 2.11 bits per heavy atom. The van der Waals surface area contributed by atoms with Gasteiger partial charge in [0.05, 0.1) is 23.4 Å². The van der Waals surface area contributed by atoms with Gasteiger partial charge in [0.2, 0.25) is 15.9 Å². The van der Waals surface area contributed by atoms with Crippen LogP contribution in [0.2, 0.25) is 0 Å². The Balaban J connectivity index is 1.69. The number of sulfonamides is 2. The number of benzene rings is 3. The van der Waals surface area contributed by atoms with Crippen LogP contribution in [0.3, 0.4) is 0 Å². The highest BCUT2D eigenvalue weighted by Crippen LogP contribution is 2.25. The summed E-state index contributed by atoms with van der Waals surface area (Å²) in [7, 11) is -7.60. The van der Waals surface area contributed by atoms with Gasteiger partial charge in [0, 0.05) is 15.8 Å². The predicted octanol–water partition coefficient (Wildman–Crippen LogP) is 4.36. The zero-order valence-electron chi connectivity index (χ0n) is 19.9. The first kappa shape index (κ1) is 27.5. The van der Waals surface area contributed by atoms with E-state index in [1.807, 2.05) is 13.8 Å². The van der Waals surface area contributed by atoms with Crippen molar-refractivity contribution < 1.29 is 26.4 Å². The molecule has 9 nitrogen and oxygen atoms in total. The minimum atomic E-state index is -3.86. The van der Waals surface area contributed by atoms with E-state index in [0.717, 1.165) is 20.6 Å². The number of ether oxygens (including phenoxy) is 1. The number of nitrogens with one attached hydrogen (secondary N) is 2. The van der Waals surface area contributed by atoms with E-state index in [-0.39, 0.29) is 4.90 Å². The van der Waals surface area contributed by atoms with E-state index in [1.165, 1.54) is 24.3 Å². The molecule has 0 fully saturated rings. The van der Waals surface area contributed by atoms with Crippen molar-refractivity contribution >= 4 is 58.9 Å². The number of halogens is 1. The lowest BCUT2D eigenvalue weighted by Gasteiger charge is -2.22. The number of hydrogen-bond acceptors (Lipinski definition) is 6. The summed E-state index contributed by atoms with van der Waals surface area (Å²) >= 11 is 3.37. The summed E-state index contributed by atoms with van der Waals surface area (Å²) in [6.07, 6.45) is 1.02. The normalized spacial score (nSPS) is 11.6. The van der Waals surface area contributed by atoms with Crippen molar-refractivity contribution in [2.45, 2.75) is 18.7 Å². The number of amides is 1. The molecule has 3 aromatic carbocycles. The van der Waals surface area contributed by atoms with Crippen molar-refractivity contribution in [2.24, 2.45) is 0 Å². The molecule has 0 atom stereocenters. The molecule has 0 aliphatic rings. The molecule has 0 bridgehead atoms. The molecular weight excluding hydrogens is 570 g/mol. The van der Waals surface area contributed by atoms with Crippen LogP contribution in [0.4, 0.5) is 17.1 Å². The summed E-state index contributed by atoms with van der Waals surface area (Å²) in [6.45, 7) is 3.73. The van der Waals surface area contributed by atoms with Gasteiger partial charge in [-0.3, -0.25) is 13.8 Å². The molecule has 1 amide bonds. The Bertz CT molecular complexity index is 1440. The largest absolute Gasteiger partial charge is 0.494 e. The Morgan fingerprint density at radius 1 is 0.944 bits per heavy atom. The first-order valence-corrected chi connectivity index (χ1v) is 14.9. The number of nitrogens with zero attached hydrogens (tertiary/aromatic N) is 1. The number of anilines is 3. The molecule has 0 saturated carbocycles. The van der Waals surface area contributed by atoms with Gasteiger partial charge in [0.15, 0.2) is 0 Å². The van der Waals surface area contributed by atoms with Crippen LogP contribution in [0.1, 0.15) is 12.5 Å². The number of carbonyl (C=O) groups is 1. The fraction of sp³-hybridized carbons (Fsp3) is 0.208. The van der Waals surface area contributed by atoms with Crippen LogP contribution in [-0.2, 0) is 24.8 Å². The Morgan fingerprint density at radius 2 is 1.56 bits per heavy atom. The van der Waals surface area contributed by atoms with E-state index in [4.69, 9.17) is 4.74 Å². The lowest BCUT2D eigenvalue weighted by Crippen LogP contribution is -2.37.